The van der Waals surface area contributed by atoms with Crippen LogP contribution in [-0.2, 0) is 0 Å². The highest BCUT2D eigenvalue weighted by Crippen LogP contribution is 2.40. The van der Waals surface area contributed by atoms with Crippen molar-refractivity contribution in [2.45, 2.75) is 52.6 Å². The van der Waals surface area contributed by atoms with E-state index in [4.69, 9.17) is 11.4 Å². The third kappa shape index (κ3) is 4.06. The number of aromatic hydroxyl groups is 1. The van der Waals surface area contributed by atoms with Crippen molar-refractivity contribution in [3.8, 4) is 29.4 Å². The normalized spacial score (nSPS) is 18.6. The molecule has 2 N–H and O–H groups in total. The van der Waals surface area contributed by atoms with Gasteiger partial charge in [0.25, 0.3) is 0 Å². The van der Waals surface area contributed by atoms with Gasteiger partial charge in [0.2, 0.25) is 0 Å². The summed E-state index contributed by atoms with van der Waals surface area (Å²) in [5, 5.41) is 15.9. The molecule has 190 valence electrons. The highest BCUT2D eigenvalue weighted by molar-refractivity contribution is 6.04. The second-order valence-corrected chi connectivity index (χ2v) is 9.56. The topological polar surface area (TPSA) is 61.3 Å². The first-order valence-electron chi connectivity index (χ1n) is 12.7. The number of piperazine rings is 1. The van der Waals surface area contributed by atoms with Gasteiger partial charge in [-0.05, 0) is 55.8 Å². The summed E-state index contributed by atoms with van der Waals surface area (Å²) in [6.07, 6.45) is 9.50. The van der Waals surface area contributed by atoms with Gasteiger partial charge in [-0.15, -0.1) is 6.42 Å². The molecule has 37 heavy (non-hydrogen) atoms. The number of nitrogens with zero attached hydrogens (tertiary/aromatic N) is 3. The van der Waals surface area contributed by atoms with Crippen LogP contribution in [-0.4, -0.2) is 40.2 Å². The number of terminal acetylenes is 1. The number of hydrogen-bond acceptors (Lipinski definition) is 5. The first-order chi connectivity index (χ1) is 17.9. The first kappa shape index (κ1) is 24.9. The molecule has 0 amide bonds. The first-order valence-corrected chi connectivity index (χ1v) is 12.7. The van der Waals surface area contributed by atoms with Crippen LogP contribution in [0, 0.1) is 37.8 Å². The number of benzene rings is 2. The van der Waals surface area contributed by atoms with E-state index in [0.717, 1.165) is 43.0 Å². The molecule has 7 heteroatoms. The summed E-state index contributed by atoms with van der Waals surface area (Å²) in [5.74, 6) is 1.91. The minimum atomic E-state index is -0.583. The lowest BCUT2D eigenvalue weighted by Crippen LogP contribution is -2.51. The van der Waals surface area contributed by atoms with Gasteiger partial charge in [0.1, 0.15) is 23.1 Å². The lowest BCUT2D eigenvalue weighted by Gasteiger charge is -2.34. The van der Waals surface area contributed by atoms with Crippen LogP contribution >= 0.6 is 0 Å². The molecule has 2 bridgehead atoms. The lowest BCUT2D eigenvalue weighted by molar-refractivity contribution is 0.464. The van der Waals surface area contributed by atoms with Gasteiger partial charge in [-0.2, -0.15) is 0 Å². The maximum atomic E-state index is 16.4. The highest BCUT2D eigenvalue weighted by atomic mass is 19.1. The Balaban J connectivity index is 0.00000137. The van der Waals surface area contributed by atoms with Gasteiger partial charge >= 0.3 is 0 Å². The number of anilines is 1. The Morgan fingerprint density at radius 2 is 1.78 bits per heavy atom. The number of phenols is 1. The summed E-state index contributed by atoms with van der Waals surface area (Å²) in [6, 6.07) is 6.44. The van der Waals surface area contributed by atoms with Gasteiger partial charge in [-0.3, -0.25) is 4.98 Å². The molecule has 2 saturated heterocycles. The number of fused-ring (bicyclic) bond motifs is 4. The minimum Gasteiger partial charge on any atom is -0.508 e. The second kappa shape index (κ2) is 9.60. The monoisotopic (exact) mass is 500 g/mol. The predicted octanol–water partition coefficient (Wildman–Crippen LogP) is 6.00. The van der Waals surface area contributed by atoms with Crippen LogP contribution in [0.5, 0.6) is 5.75 Å². The van der Waals surface area contributed by atoms with Crippen LogP contribution in [0.25, 0.3) is 32.8 Å². The molecule has 2 fully saturated rings. The van der Waals surface area contributed by atoms with E-state index in [0.29, 0.717) is 33.6 Å². The van der Waals surface area contributed by atoms with Crippen LogP contribution < -0.4 is 10.2 Å². The molecule has 5 nitrogen and oxygen atoms in total. The molecule has 0 aliphatic carbocycles. The average molecular weight is 501 g/mol. The number of phenolic OH excluding ortho intramolecular Hbond substituents is 1. The third-order valence-electron chi connectivity index (χ3n) is 7.42. The van der Waals surface area contributed by atoms with Crippen LogP contribution in [0.3, 0.4) is 0 Å². The van der Waals surface area contributed by atoms with E-state index in [1.165, 1.54) is 24.3 Å². The Morgan fingerprint density at radius 1 is 1.08 bits per heavy atom. The number of pyridine rings is 2. The van der Waals surface area contributed by atoms with Crippen molar-refractivity contribution in [2.75, 3.05) is 18.0 Å². The summed E-state index contributed by atoms with van der Waals surface area (Å²) in [4.78, 5) is 11.6. The summed E-state index contributed by atoms with van der Waals surface area (Å²) in [6.45, 7) is 9.35. The van der Waals surface area contributed by atoms with Crippen LogP contribution in [0.15, 0.2) is 30.5 Å². The summed E-state index contributed by atoms with van der Waals surface area (Å²) in [7, 11) is 0. The maximum absolute atomic E-state index is 16.4. The number of aryl methyl sites for hydroxylation is 2. The van der Waals surface area contributed by atoms with Gasteiger partial charge < -0.3 is 15.3 Å². The van der Waals surface area contributed by atoms with Crippen LogP contribution in [0.4, 0.5) is 14.6 Å². The highest BCUT2D eigenvalue weighted by Gasteiger charge is 2.34. The molecule has 2 aromatic heterocycles. The molecule has 0 spiro atoms. The van der Waals surface area contributed by atoms with E-state index < -0.39 is 11.6 Å². The zero-order chi connectivity index (χ0) is 26.4. The molecule has 2 unspecified atom stereocenters. The number of aromatic nitrogens is 2. The molecule has 2 aliphatic rings. The fourth-order valence-corrected chi connectivity index (χ4v) is 5.66. The molecule has 4 heterocycles. The van der Waals surface area contributed by atoms with Crippen LogP contribution in [0.1, 0.15) is 43.5 Å². The van der Waals surface area contributed by atoms with E-state index >= 15 is 4.39 Å². The SMILES string of the molecule is C#Cc1c(F)ccc2cc(O)cc(-c3ncc4c(N5CC6CCC(C5)N6)nc(C)c(C)c4c3F)c12.CC. The number of rotatable bonds is 2. The molecule has 2 aliphatic heterocycles. The molecule has 4 aromatic rings. The maximum Gasteiger partial charge on any atom is 0.157 e. The van der Waals surface area contributed by atoms with Crippen LogP contribution in [0.2, 0.25) is 0 Å². The third-order valence-corrected chi connectivity index (χ3v) is 7.42. The Morgan fingerprint density at radius 3 is 2.46 bits per heavy atom. The minimum absolute atomic E-state index is 0.0124. The van der Waals surface area contributed by atoms with Crippen molar-refractivity contribution in [1.82, 2.24) is 15.3 Å². The zero-order valence-corrected chi connectivity index (χ0v) is 21.5. The van der Waals surface area contributed by atoms with Crippen molar-refractivity contribution < 1.29 is 13.9 Å². The summed E-state index contributed by atoms with van der Waals surface area (Å²) >= 11 is 0. The van der Waals surface area contributed by atoms with Crippen molar-refractivity contribution >= 4 is 27.4 Å². The van der Waals surface area contributed by atoms with Crippen molar-refractivity contribution in [2.24, 2.45) is 0 Å². The molecule has 6 rings (SSSR count). The van der Waals surface area contributed by atoms with E-state index in [9.17, 15) is 9.50 Å². The Labute approximate surface area is 215 Å². The van der Waals surface area contributed by atoms with Gasteiger partial charge in [0.15, 0.2) is 5.82 Å². The summed E-state index contributed by atoms with van der Waals surface area (Å²) in [5.41, 5.74) is 1.74. The Kier molecular flexibility index (Phi) is 6.47. The summed E-state index contributed by atoms with van der Waals surface area (Å²) < 4.78 is 30.9. The molecule has 2 aromatic carbocycles. The number of nitrogens with one attached hydrogen (secondary N) is 1. The van der Waals surface area contributed by atoms with Gasteiger partial charge in [-0.25, -0.2) is 13.8 Å². The van der Waals surface area contributed by atoms with E-state index in [1.807, 2.05) is 27.7 Å². The largest absolute Gasteiger partial charge is 0.508 e. The zero-order valence-electron chi connectivity index (χ0n) is 21.5. The second-order valence-electron chi connectivity index (χ2n) is 9.56. The fourth-order valence-electron chi connectivity index (χ4n) is 5.66. The van der Waals surface area contributed by atoms with E-state index in [1.54, 1.807) is 6.20 Å². The smallest absolute Gasteiger partial charge is 0.157 e. The lowest BCUT2D eigenvalue weighted by atomic mass is 9.94. The molecule has 0 saturated carbocycles. The molecular weight excluding hydrogens is 470 g/mol. The standard InChI is InChI=1S/C28H24F2N4O.C2H6/c1-4-20-23(29)8-5-16-9-19(35)10-21(25(16)20)27-26(30)24-14(2)15(3)32-28(22(24)11-31-27)34-12-17-6-7-18(13-34)33-17;1-2/h1,5,8-11,17-18,33,35H,6-7,12-13H2,2-3H3;1-2H3. The van der Waals surface area contributed by atoms with Crippen molar-refractivity contribution in [1.29, 1.82) is 0 Å². The molecule has 0 radical (unpaired) electrons. The average Bonchev–Trinajstić information content (AvgIpc) is 3.24. The van der Waals surface area contributed by atoms with E-state index in [2.05, 4.69) is 21.1 Å². The quantitative estimate of drug-likeness (QED) is 0.331. The Bertz CT molecular complexity index is 1560. The van der Waals surface area contributed by atoms with Gasteiger partial charge in [0, 0.05) is 58.8 Å². The molecular formula is C30H30F2N4O. The predicted molar refractivity (Wildman–Crippen MR) is 145 cm³/mol. The number of hydrogen-bond donors (Lipinski definition) is 2. The van der Waals surface area contributed by atoms with Crippen molar-refractivity contribution in [3.05, 3.63) is 58.9 Å². The molecule has 2 atom stereocenters. The van der Waals surface area contributed by atoms with Crippen molar-refractivity contribution in [3.63, 3.8) is 0 Å². The number of halogens is 2. The van der Waals surface area contributed by atoms with E-state index in [-0.39, 0.29) is 22.6 Å². The Hall–Kier alpha value is -3.76. The van der Waals surface area contributed by atoms with Gasteiger partial charge in [-0.1, -0.05) is 25.8 Å². The fraction of sp³-hybridized carbons (Fsp3) is 0.333. The van der Waals surface area contributed by atoms with Gasteiger partial charge in [0.05, 0.1) is 5.56 Å².